The first-order valence-corrected chi connectivity index (χ1v) is 10.5. The molecule has 4 rings (SSSR count). The molecular formula is C24H28N4O3. The van der Waals surface area contributed by atoms with Crippen molar-refractivity contribution in [1.29, 1.82) is 0 Å². The Bertz CT molecular complexity index is 1030. The number of carbonyl (C=O) groups is 1. The Hall–Kier alpha value is -3.35. The molecule has 2 heterocycles. The maximum absolute atomic E-state index is 13.3. The first kappa shape index (κ1) is 20.9. The van der Waals surface area contributed by atoms with Gasteiger partial charge in [0.15, 0.2) is 0 Å². The molecule has 0 bridgehead atoms. The van der Waals surface area contributed by atoms with Crippen LogP contribution in [0.1, 0.15) is 49.9 Å². The van der Waals surface area contributed by atoms with E-state index in [9.17, 15) is 4.79 Å². The summed E-state index contributed by atoms with van der Waals surface area (Å²) in [7, 11) is 3.30. The minimum absolute atomic E-state index is 0.0430. The van der Waals surface area contributed by atoms with Crippen LogP contribution >= 0.6 is 0 Å². The Balaban J connectivity index is 1.78. The van der Waals surface area contributed by atoms with Gasteiger partial charge >= 0.3 is 0 Å². The van der Waals surface area contributed by atoms with Crippen molar-refractivity contribution in [2.24, 2.45) is 5.92 Å². The molecular weight excluding hydrogens is 392 g/mol. The molecule has 7 heteroatoms. The Morgan fingerprint density at radius 2 is 1.52 bits per heavy atom. The monoisotopic (exact) mass is 420 g/mol. The number of ether oxygens (including phenoxy) is 2. The van der Waals surface area contributed by atoms with Gasteiger partial charge < -0.3 is 9.47 Å². The molecule has 0 N–H and O–H groups in total. The highest BCUT2D eigenvalue weighted by molar-refractivity contribution is 5.93. The van der Waals surface area contributed by atoms with E-state index in [1.165, 1.54) is 6.33 Å². The number of fused-ring (bicyclic) bond motifs is 1. The van der Waals surface area contributed by atoms with E-state index < -0.39 is 0 Å². The van der Waals surface area contributed by atoms with E-state index in [4.69, 9.17) is 9.47 Å². The van der Waals surface area contributed by atoms with Gasteiger partial charge in [-0.3, -0.25) is 9.69 Å². The van der Waals surface area contributed by atoms with Gasteiger partial charge in [0.25, 0.3) is 0 Å². The second-order valence-corrected chi connectivity index (χ2v) is 8.18. The molecule has 2 aromatic carbocycles. The molecule has 0 saturated carbocycles. The molecule has 0 fully saturated rings. The molecule has 0 aliphatic carbocycles. The lowest BCUT2D eigenvalue weighted by Gasteiger charge is -2.39. The van der Waals surface area contributed by atoms with Crippen LogP contribution in [0, 0.1) is 5.92 Å². The van der Waals surface area contributed by atoms with Crippen molar-refractivity contribution in [1.82, 2.24) is 14.8 Å². The van der Waals surface area contributed by atoms with Crippen LogP contribution in [0.25, 0.3) is 0 Å². The van der Waals surface area contributed by atoms with Crippen molar-refractivity contribution in [3.05, 3.63) is 66.0 Å². The smallest absolute Gasteiger partial charge is 0.231 e. The number of methoxy groups -OCH3 is 2. The summed E-state index contributed by atoms with van der Waals surface area (Å²) in [6, 6.07) is 15.7. The first-order chi connectivity index (χ1) is 15.0. The zero-order chi connectivity index (χ0) is 22.0. The van der Waals surface area contributed by atoms with Gasteiger partial charge in [0.05, 0.1) is 26.3 Å². The van der Waals surface area contributed by atoms with Crippen LogP contribution < -0.4 is 14.4 Å². The van der Waals surface area contributed by atoms with Crippen molar-refractivity contribution in [3.8, 4) is 11.5 Å². The summed E-state index contributed by atoms with van der Waals surface area (Å²) in [6.45, 7) is 4.10. The van der Waals surface area contributed by atoms with Crippen molar-refractivity contribution in [2.75, 3.05) is 19.1 Å². The second kappa shape index (κ2) is 8.79. The fraction of sp³-hybridized carbons (Fsp3) is 0.375. The summed E-state index contributed by atoms with van der Waals surface area (Å²) in [5, 5.41) is 4.48. The van der Waals surface area contributed by atoms with Gasteiger partial charge in [-0.1, -0.05) is 38.1 Å². The molecule has 0 radical (unpaired) electrons. The Morgan fingerprint density at radius 3 is 2.03 bits per heavy atom. The molecule has 1 aliphatic rings. The molecule has 3 aromatic rings. The third-order valence-electron chi connectivity index (χ3n) is 5.68. The topological polar surface area (TPSA) is 69.5 Å². The van der Waals surface area contributed by atoms with E-state index in [0.29, 0.717) is 18.8 Å². The summed E-state index contributed by atoms with van der Waals surface area (Å²) >= 11 is 0. The van der Waals surface area contributed by atoms with Gasteiger partial charge in [-0.25, -0.2) is 4.68 Å². The fourth-order valence-electron chi connectivity index (χ4n) is 4.14. The molecule has 0 saturated heterocycles. The Morgan fingerprint density at radius 1 is 0.968 bits per heavy atom. The Labute approximate surface area is 182 Å². The minimum Gasteiger partial charge on any atom is -0.497 e. The molecule has 0 spiro atoms. The van der Waals surface area contributed by atoms with Crippen LogP contribution in [0.3, 0.4) is 0 Å². The molecule has 0 unspecified atom stereocenters. The number of benzene rings is 2. The summed E-state index contributed by atoms with van der Waals surface area (Å²) in [6.07, 6.45) is 2.67. The highest BCUT2D eigenvalue weighted by Gasteiger charge is 2.39. The van der Waals surface area contributed by atoms with Gasteiger partial charge in [-0.15, -0.1) is 0 Å². The van der Waals surface area contributed by atoms with E-state index in [2.05, 4.69) is 23.9 Å². The number of anilines is 1. The summed E-state index contributed by atoms with van der Waals surface area (Å²) < 4.78 is 12.5. The number of amides is 1. The van der Waals surface area contributed by atoms with Gasteiger partial charge in [0.2, 0.25) is 11.9 Å². The molecule has 1 aromatic heterocycles. The van der Waals surface area contributed by atoms with Crippen LogP contribution in [-0.4, -0.2) is 34.9 Å². The standard InChI is InChI=1S/C24H28N4O3/c1-16(2)13-23(29)27-21(17-5-9-19(30-3)10-6-17)14-22(28-24(27)25-15-26-28)18-7-11-20(31-4)12-8-18/h5-12,15-16,21-22H,13-14H2,1-4H3/t21-,22+/m1/s1. The SMILES string of the molecule is COc1ccc([C@H]2C[C@@H](c3ccc(OC)cc3)n3ncnc3N2C(=O)CC(C)C)cc1. The molecule has 1 aliphatic heterocycles. The van der Waals surface area contributed by atoms with E-state index >= 15 is 0 Å². The van der Waals surface area contributed by atoms with Gasteiger partial charge in [-0.05, 0) is 47.7 Å². The maximum Gasteiger partial charge on any atom is 0.231 e. The maximum atomic E-state index is 13.3. The van der Waals surface area contributed by atoms with Gasteiger partial charge in [0.1, 0.15) is 17.8 Å². The number of hydrogen-bond acceptors (Lipinski definition) is 5. The lowest BCUT2D eigenvalue weighted by Crippen LogP contribution is -2.43. The van der Waals surface area contributed by atoms with E-state index in [-0.39, 0.29) is 23.9 Å². The first-order valence-electron chi connectivity index (χ1n) is 10.5. The van der Waals surface area contributed by atoms with Crippen LogP contribution in [-0.2, 0) is 4.79 Å². The number of carbonyl (C=O) groups excluding carboxylic acids is 1. The number of nitrogens with zero attached hydrogens (tertiary/aromatic N) is 4. The predicted octanol–water partition coefficient (Wildman–Crippen LogP) is 4.41. The molecule has 1 amide bonds. The minimum atomic E-state index is -0.152. The van der Waals surface area contributed by atoms with E-state index in [1.54, 1.807) is 14.2 Å². The number of aromatic nitrogens is 3. The molecule has 2 atom stereocenters. The average molecular weight is 421 g/mol. The second-order valence-electron chi connectivity index (χ2n) is 8.18. The predicted molar refractivity (Wildman–Crippen MR) is 118 cm³/mol. The van der Waals surface area contributed by atoms with Crippen molar-refractivity contribution < 1.29 is 14.3 Å². The van der Waals surface area contributed by atoms with Crippen LogP contribution in [0.5, 0.6) is 11.5 Å². The van der Waals surface area contributed by atoms with Crippen LogP contribution in [0.4, 0.5) is 5.95 Å². The fourth-order valence-corrected chi connectivity index (χ4v) is 4.14. The normalized spacial score (nSPS) is 18.0. The van der Waals surface area contributed by atoms with Crippen molar-refractivity contribution >= 4 is 11.9 Å². The summed E-state index contributed by atoms with van der Waals surface area (Å²) in [5.41, 5.74) is 2.15. The third kappa shape index (κ3) is 4.13. The quantitative estimate of drug-likeness (QED) is 0.591. The lowest BCUT2D eigenvalue weighted by atomic mass is 9.91. The number of rotatable bonds is 6. The Kier molecular flexibility index (Phi) is 5.93. The third-order valence-corrected chi connectivity index (χ3v) is 5.68. The van der Waals surface area contributed by atoms with Crippen LogP contribution in [0.15, 0.2) is 54.9 Å². The summed E-state index contributed by atoms with van der Waals surface area (Å²) in [5.74, 6) is 2.48. The lowest BCUT2D eigenvalue weighted by molar-refractivity contribution is -0.120. The van der Waals surface area contributed by atoms with E-state index in [0.717, 1.165) is 22.6 Å². The molecule has 31 heavy (non-hydrogen) atoms. The van der Waals surface area contributed by atoms with Gasteiger partial charge in [0, 0.05) is 6.42 Å². The summed E-state index contributed by atoms with van der Waals surface area (Å²) in [4.78, 5) is 19.6. The van der Waals surface area contributed by atoms with Crippen molar-refractivity contribution in [3.63, 3.8) is 0 Å². The highest BCUT2D eigenvalue weighted by Crippen LogP contribution is 2.42. The molecule has 7 nitrogen and oxygen atoms in total. The highest BCUT2D eigenvalue weighted by atomic mass is 16.5. The number of hydrogen-bond donors (Lipinski definition) is 0. The van der Waals surface area contributed by atoms with Crippen molar-refractivity contribution in [2.45, 2.75) is 38.8 Å². The van der Waals surface area contributed by atoms with E-state index in [1.807, 2.05) is 58.1 Å². The average Bonchev–Trinajstić information content (AvgIpc) is 3.27. The largest absolute Gasteiger partial charge is 0.497 e. The van der Waals surface area contributed by atoms with Gasteiger partial charge in [-0.2, -0.15) is 10.1 Å². The zero-order valence-electron chi connectivity index (χ0n) is 18.4. The zero-order valence-corrected chi connectivity index (χ0v) is 18.4. The van der Waals surface area contributed by atoms with Crippen LogP contribution in [0.2, 0.25) is 0 Å². The molecule has 162 valence electrons.